The Kier molecular flexibility index (Phi) is 6.16. The van der Waals surface area contributed by atoms with Crippen LogP contribution < -0.4 is 0 Å². The monoisotopic (exact) mass is 378 g/mol. The van der Waals surface area contributed by atoms with E-state index in [0.29, 0.717) is 10.9 Å². The van der Waals surface area contributed by atoms with Crippen molar-refractivity contribution in [1.29, 1.82) is 0 Å². The second-order valence-electron chi connectivity index (χ2n) is 5.10. The lowest BCUT2D eigenvalue weighted by molar-refractivity contribution is -0.300. The summed E-state index contributed by atoms with van der Waals surface area (Å²) in [6, 6.07) is 5.02. The molecule has 0 amide bonds. The average molecular weight is 379 g/mol. The molecule has 1 heterocycles. The number of aliphatic hydroxyl groups excluding tert-OH is 4. The summed E-state index contributed by atoms with van der Waals surface area (Å²) in [5.74, 6) is 0.138. The zero-order valence-corrected chi connectivity index (χ0v) is 13.3. The maximum atomic E-state index is 9.82. The Morgan fingerprint density at radius 3 is 2.50 bits per heavy atom. The van der Waals surface area contributed by atoms with E-state index >= 15 is 0 Å². The predicted octanol–water partition coefficient (Wildman–Crippen LogP) is -0.486. The fraction of sp³-hybridized carbons (Fsp3) is 0.571. The first-order chi connectivity index (χ1) is 10.4. The summed E-state index contributed by atoms with van der Waals surface area (Å²) in [7, 11) is 0. The molecule has 8 heteroatoms. The maximum absolute atomic E-state index is 9.82. The number of ether oxygens (including phenoxy) is 2. The third-order valence-corrected chi connectivity index (χ3v) is 4.17. The summed E-state index contributed by atoms with van der Waals surface area (Å²) in [6.45, 7) is -0.296. The minimum absolute atomic E-state index is 0.138. The van der Waals surface area contributed by atoms with Crippen LogP contribution in [0, 0.1) is 0 Å². The molecule has 124 valence electrons. The first kappa shape index (κ1) is 17.6. The summed E-state index contributed by atoms with van der Waals surface area (Å²) in [6.07, 6.45) is -5.85. The van der Waals surface area contributed by atoms with Gasteiger partial charge in [-0.05, 0) is 40.0 Å². The van der Waals surface area contributed by atoms with Crippen LogP contribution in [-0.4, -0.2) is 69.5 Å². The van der Waals surface area contributed by atoms with E-state index in [4.69, 9.17) is 14.6 Å². The van der Waals surface area contributed by atoms with Gasteiger partial charge in [0.2, 0.25) is 0 Å². The van der Waals surface area contributed by atoms with Crippen LogP contribution in [0.2, 0.25) is 0 Å². The van der Waals surface area contributed by atoms with E-state index in [1.165, 1.54) is 0 Å². The molecule has 1 fully saturated rings. The van der Waals surface area contributed by atoms with Gasteiger partial charge in [-0.25, -0.2) is 0 Å². The average Bonchev–Trinajstić information content (AvgIpc) is 2.51. The number of hydrogen-bond acceptors (Lipinski definition) is 7. The maximum Gasteiger partial charge on any atom is 0.186 e. The van der Waals surface area contributed by atoms with Crippen molar-refractivity contribution in [2.75, 3.05) is 13.2 Å². The summed E-state index contributed by atoms with van der Waals surface area (Å²) >= 11 is 3.21. The van der Waals surface area contributed by atoms with Gasteiger partial charge in [0.15, 0.2) is 6.29 Å². The number of phenolic OH excluding ortho intramolecular Hbond substituents is 1. The van der Waals surface area contributed by atoms with Crippen molar-refractivity contribution in [1.82, 2.24) is 0 Å². The Labute approximate surface area is 135 Å². The Hall–Kier alpha value is -0.740. The van der Waals surface area contributed by atoms with Crippen LogP contribution in [0.4, 0.5) is 0 Å². The molecule has 1 saturated heterocycles. The Bertz CT molecular complexity index is 496. The van der Waals surface area contributed by atoms with E-state index in [1.54, 1.807) is 18.2 Å². The fourth-order valence-electron chi connectivity index (χ4n) is 2.20. The molecule has 0 saturated carbocycles. The number of aliphatic hydroxyl groups is 4. The van der Waals surface area contributed by atoms with Crippen molar-refractivity contribution in [3.63, 3.8) is 0 Å². The van der Waals surface area contributed by atoms with Crippen LogP contribution in [0.3, 0.4) is 0 Å². The van der Waals surface area contributed by atoms with Crippen LogP contribution in [0.25, 0.3) is 0 Å². The van der Waals surface area contributed by atoms with Crippen molar-refractivity contribution in [3.05, 3.63) is 28.2 Å². The highest BCUT2D eigenvalue weighted by Gasteiger charge is 2.43. The van der Waals surface area contributed by atoms with Gasteiger partial charge in [-0.3, -0.25) is 0 Å². The largest absolute Gasteiger partial charge is 0.507 e. The summed E-state index contributed by atoms with van der Waals surface area (Å²) < 4.78 is 11.2. The summed E-state index contributed by atoms with van der Waals surface area (Å²) in [5.41, 5.74) is 0.897. The molecule has 1 aromatic carbocycles. The van der Waals surface area contributed by atoms with Gasteiger partial charge in [0.25, 0.3) is 0 Å². The van der Waals surface area contributed by atoms with Crippen molar-refractivity contribution in [2.24, 2.45) is 0 Å². The molecule has 0 spiro atoms. The molecule has 1 aliphatic rings. The molecule has 7 nitrogen and oxygen atoms in total. The minimum Gasteiger partial charge on any atom is -0.507 e. The predicted molar refractivity (Wildman–Crippen MR) is 79.2 cm³/mol. The SMILES string of the molecule is OC[C@H]1O[C@@H](OCCc2ccc(O)c(Br)c2)[C@H](O)[C@@H](O)[C@@H]1O. The Balaban J connectivity index is 1.88. The molecule has 1 aliphatic heterocycles. The number of hydrogen-bond donors (Lipinski definition) is 5. The summed E-state index contributed by atoms with van der Waals surface area (Å²) in [4.78, 5) is 0. The Morgan fingerprint density at radius 1 is 1.14 bits per heavy atom. The van der Waals surface area contributed by atoms with Gasteiger partial charge in [-0.15, -0.1) is 0 Å². The third kappa shape index (κ3) is 3.96. The first-order valence-electron chi connectivity index (χ1n) is 6.83. The van der Waals surface area contributed by atoms with E-state index in [1.807, 2.05) is 0 Å². The molecule has 2 rings (SSSR count). The van der Waals surface area contributed by atoms with E-state index in [2.05, 4.69) is 15.9 Å². The number of benzene rings is 1. The Morgan fingerprint density at radius 2 is 1.86 bits per heavy atom. The van der Waals surface area contributed by atoms with E-state index in [9.17, 15) is 20.4 Å². The van der Waals surface area contributed by atoms with Gasteiger partial charge in [-0.2, -0.15) is 0 Å². The van der Waals surface area contributed by atoms with Crippen molar-refractivity contribution >= 4 is 15.9 Å². The molecule has 5 atom stereocenters. The van der Waals surface area contributed by atoms with Gasteiger partial charge in [0.1, 0.15) is 30.2 Å². The van der Waals surface area contributed by atoms with Crippen molar-refractivity contribution < 1.29 is 35.0 Å². The zero-order valence-electron chi connectivity index (χ0n) is 11.7. The van der Waals surface area contributed by atoms with Crippen LogP contribution >= 0.6 is 15.9 Å². The van der Waals surface area contributed by atoms with Crippen molar-refractivity contribution in [2.45, 2.75) is 37.1 Å². The second-order valence-corrected chi connectivity index (χ2v) is 5.96. The first-order valence-corrected chi connectivity index (χ1v) is 7.63. The third-order valence-electron chi connectivity index (χ3n) is 3.53. The molecule has 0 bridgehead atoms. The minimum atomic E-state index is -1.45. The smallest absolute Gasteiger partial charge is 0.186 e. The normalized spacial score (nSPS) is 32.1. The van der Waals surface area contributed by atoms with Gasteiger partial charge in [0, 0.05) is 0 Å². The lowest BCUT2D eigenvalue weighted by atomic mass is 9.99. The number of aromatic hydroxyl groups is 1. The van der Waals surface area contributed by atoms with Crippen LogP contribution in [0.5, 0.6) is 5.75 Å². The van der Waals surface area contributed by atoms with E-state index in [-0.39, 0.29) is 12.4 Å². The number of halogens is 1. The number of phenols is 1. The topological polar surface area (TPSA) is 120 Å². The molecule has 0 aliphatic carbocycles. The van der Waals surface area contributed by atoms with Crippen LogP contribution in [0.1, 0.15) is 5.56 Å². The lowest BCUT2D eigenvalue weighted by Crippen LogP contribution is -2.59. The molecule has 0 aromatic heterocycles. The summed E-state index contributed by atoms with van der Waals surface area (Å²) in [5, 5.41) is 47.6. The highest BCUT2D eigenvalue weighted by atomic mass is 79.9. The second kappa shape index (κ2) is 7.69. The molecule has 22 heavy (non-hydrogen) atoms. The lowest BCUT2D eigenvalue weighted by Gasteiger charge is -2.39. The molecular weight excluding hydrogens is 360 g/mol. The molecular formula is C14H19BrO7. The van der Waals surface area contributed by atoms with E-state index < -0.39 is 37.3 Å². The van der Waals surface area contributed by atoms with E-state index in [0.717, 1.165) is 5.56 Å². The van der Waals surface area contributed by atoms with Gasteiger partial charge < -0.3 is 35.0 Å². The van der Waals surface area contributed by atoms with Gasteiger partial charge >= 0.3 is 0 Å². The van der Waals surface area contributed by atoms with Crippen LogP contribution in [-0.2, 0) is 15.9 Å². The fourth-order valence-corrected chi connectivity index (χ4v) is 2.63. The molecule has 0 unspecified atom stereocenters. The van der Waals surface area contributed by atoms with Gasteiger partial charge in [0.05, 0.1) is 17.7 Å². The zero-order chi connectivity index (χ0) is 16.3. The highest BCUT2D eigenvalue weighted by Crippen LogP contribution is 2.25. The standard InChI is InChI=1S/C14H19BrO7/c15-8-5-7(1-2-9(8)17)3-4-21-14-13(20)12(19)11(18)10(6-16)22-14/h1-2,5,10-14,16-20H,3-4,6H2/t10-,11-,12+,13-,14-/m1/s1. The molecule has 5 N–H and O–H groups in total. The number of rotatable bonds is 5. The molecule has 1 aromatic rings. The quantitative estimate of drug-likeness (QED) is 0.469. The van der Waals surface area contributed by atoms with Gasteiger partial charge in [-0.1, -0.05) is 6.07 Å². The highest BCUT2D eigenvalue weighted by molar-refractivity contribution is 9.10. The van der Waals surface area contributed by atoms with Crippen molar-refractivity contribution in [3.8, 4) is 5.75 Å². The van der Waals surface area contributed by atoms with Crippen LogP contribution in [0.15, 0.2) is 22.7 Å². The molecule has 0 radical (unpaired) electrons.